The molecule has 1 aromatic rings. The molecule has 0 radical (unpaired) electrons. The molecule has 0 aromatic heterocycles. The molecule has 0 bridgehead atoms. The molecule has 2 rings (SSSR count). The van der Waals surface area contributed by atoms with Crippen molar-refractivity contribution in [2.45, 2.75) is 49.4 Å². The van der Waals surface area contributed by atoms with Crippen molar-refractivity contribution in [2.24, 2.45) is 5.92 Å². The molecule has 1 aliphatic carbocycles. The fourth-order valence-corrected chi connectivity index (χ4v) is 3.79. The molecule has 0 aliphatic heterocycles. The van der Waals surface area contributed by atoms with Crippen molar-refractivity contribution in [1.29, 1.82) is 0 Å². The molecular weight excluding hydrogens is 307 g/mol. The first kappa shape index (κ1) is 12.4. The van der Waals surface area contributed by atoms with Gasteiger partial charge in [-0.05, 0) is 35.3 Å². The molecule has 1 aliphatic rings. The van der Waals surface area contributed by atoms with Crippen molar-refractivity contribution < 1.29 is 0 Å². The Morgan fingerprint density at radius 2 is 1.94 bits per heavy atom. The van der Waals surface area contributed by atoms with Gasteiger partial charge in [-0.2, -0.15) is 0 Å². The van der Waals surface area contributed by atoms with Gasteiger partial charge in [0.2, 0.25) is 0 Å². The second-order valence-corrected chi connectivity index (χ2v) is 6.76. The first-order chi connectivity index (χ1) is 7.65. The molecule has 0 saturated carbocycles. The average molecular weight is 328 g/mol. The van der Waals surface area contributed by atoms with Crippen LogP contribution in [0.15, 0.2) is 24.3 Å². The van der Waals surface area contributed by atoms with E-state index in [9.17, 15) is 0 Å². The molecule has 0 spiro atoms. The molecule has 1 heteroatoms. The summed E-state index contributed by atoms with van der Waals surface area (Å²) in [6, 6.07) is 9.08. The van der Waals surface area contributed by atoms with Crippen LogP contribution in [0.25, 0.3) is 0 Å². The average Bonchev–Trinajstić information content (AvgIpc) is 2.33. The number of benzene rings is 1. The van der Waals surface area contributed by atoms with Gasteiger partial charge in [0.1, 0.15) is 0 Å². The molecule has 0 nitrogen and oxygen atoms in total. The molecule has 0 heterocycles. The van der Waals surface area contributed by atoms with Gasteiger partial charge in [-0.1, -0.05) is 74.0 Å². The largest absolute Gasteiger partial charge is 0.0819 e. The van der Waals surface area contributed by atoms with Gasteiger partial charge >= 0.3 is 0 Å². The summed E-state index contributed by atoms with van der Waals surface area (Å²) in [4.78, 5) is 0. The molecule has 0 saturated heterocycles. The minimum Gasteiger partial charge on any atom is -0.0819 e. The molecule has 1 aromatic carbocycles. The molecule has 4 unspecified atom stereocenters. The fourth-order valence-electron chi connectivity index (χ4n) is 2.86. The lowest BCUT2D eigenvalue weighted by molar-refractivity contribution is 0.390. The van der Waals surface area contributed by atoms with Gasteiger partial charge in [0, 0.05) is 3.92 Å². The summed E-state index contributed by atoms with van der Waals surface area (Å²) in [5.41, 5.74) is 3.22. The number of hydrogen-bond donors (Lipinski definition) is 0. The van der Waals surface area contributed by atoms with Crippen LogP contribution in [0.2, 0.25) is 0 Å². The molecule has 4 atom stereocenters. The van der Waals surface area contributed by atoms with Crippen LogP contribution < -0.4 is 0 Å². The van der Waals surface area contributed by atoms with Crippen molar-refractivity contribution in [2.75, 3.05) is 0 Å². The third kappa shape index (κ3) is 2.15. The summed E-state index contributed by atoms with van der Waals surface area (Å²) in [7, 11) is 0. The predicted molar refractivity (Wildman–Crippen MR) is 79.5 cm³/mol. The highest BCUT2D eigenvalue weighted by molar-refractivity contribution is 14.1. The van der Waals surface area contributed by atoms with E-state index in [0.29, 0.717) is 0 Å². The van der Waals surface area contributed by atoms with E-state index in [1.54, 1.807) is 11.1 Å². The maximum Gasteiger partial charge on any atom is 0.0182 e. The third-order valence-corrected chi connectivity index (χ3v) is 5.83. The Hall–Kier alpha value is -0.0500. The molecule has 0 N–H and O–H groups in total. The van der Waals surface area contributed by atoms with Crippen LogP contribution in [-0.4, -0.2) is 3.92 Å². The second-order valence-electron chi connectivity index (χ2n) is 5.16. The van der Waals surface area contributed by atoms with Gasteiger partial charge in [-0.15, -0.1) is 0 Å². The maximum absolute atomic E-state index is 2.64. The van der Waals surface area contributed by atoms with E-state index in [1.165, 1.54) is 12.8 Å². The van der Waals surface area contributed by atoms with E-state index in [4.69, 9.17) is 0 Å². The molecular formula is C15H21I. The summed E-state index contributed by atoms with van der Waals surface area (Å²) in [5.74, 6) is 2.31. The SMILES string of the molecule is CCC(C)C1CC(I)C(C)c2ccccc21. The molecule has 0 fully saturated rings. The van der Waals surface area contributed by atoms with Gasteiger partial charge in [-0.25, -0.2) is 0 Å². The van der Waals surface area contributed by atoms with Crippen LogP contribution in [0.4, 0.5) is 0 Å². The number of rotatable bonds is 2. The van der Waals surface area contributed by atoms with Crippen LogP contribution in [0, 0.1) is 5.92 Å². The van der Waals surface area contributed by atoms with E-state index >= 15 is 0 Å². The zero-order valence-electron chi connectivity index (χ0n) is 10.4. The van der Waals surface area contributed by atoms with Crippen molar-refractivity contribution >= 4 is 22.6 Å². The minimum atomic E-state index is 0.720. The van der Waals surface area contributed by atoms with E-state index in [-0.39, 0.29) is 0 Å². The standard InChI is InChI=1S/C15H21I/c1-4-10(2)14-9-15(16)11(3)12-7-5-6-8-13(12)14/h5-8,10-11,14-15H,4,9H2,1-3H3. The van der Waals surface area contributed by atoms with Crippen LogP contribution in [-0.2, 0) is 0 Å². The van der Waals surface area contributed by atoms with Crippen LogP contribution in [0.3, 0.4) is 0 Å². The van der Waals surface area contributed by atoms with Gasteiger partial charge in [-0.3, -0.25) is 0 Å². The lowest BCUT2D eigenvalue weighted by atomic mass is 9.72. The van der Waals surface area contributed by atoms with Crippen molar-refractivity contribution in [3.63, 3.8) is 0 Å². The highest BCUT2D eigenvalue weighted by atomic mass is 127. The Bertz CT molecular complexity index is 358. The Morgan fingerprint density at radius 1 is 1.31 bits per heavy atom. The zero-order valence-corrected chi connectivity index (χ0v) is 12.6. The van der Waals surface area contributed by atoms with Crippen LogP contribution >= 0.6 is 22.6 Å². The summed E-state index contributed by atoms with van der Waals surface area (Å²) in [6.45, 7) is 7.09. The van der Waals surface area contributed by atoms with Crippen molar-refractivity contribution in [3.8, 4) is 0 Å². The Balaban J connectivity index is 2.40. The van der Waals surface area contributed by atoms with E-state index in [1.807, 2.05) is 0 Å². The maximum atomic E-state index is 2.64. The molecule has 88 valence electrons. The van der Waals surface area contributed by atoms with Gasteiger partial charge in [0.15, 0.2) is 0 Å². The summed E-state index contributed by atoms with van der Waals surface area (Å²) in [5, 5.41) is 0. The molecule has 16 heavy (non-hydrogen) atoms. The normalized spacial score (nSPS) is 30.9. The summed E-state index contributed by atoms with van der Waals surface area (Å²) < 4.78 is 0.798. The Kier molecular flexibility index (Phi) is 3.93. The predicted octanol–water partition coefficient (Wildman–Crippen LogP) is 5.13. The number of halogens is 1. The number of alkyl halides is 1. The Labute approximate surface area is 113 Å². The molecule has 0 amide bonds. The quantitative estimate of drug-likeness (QED) is 0.522. The minimum absolute atomic E-state index is 0.720. The first-order valence-electron chi connectivity index (χ1n) is 6.38. The third-order valence-electron chi connectivity index (χ3n) is 4.24. The highest BCUT2D eigenvalue weighted by Gasteiger charge is 2.32. The van der Waals surface area contributed by atoms with Crippen molar-refractivity contribution in [1.82, 2.24) is 0 Å². The number of fused-ring (bicyclic) bond motifs is 1. The van der Waals surface area contributed by atoms with Gasteiger partial charge in [0.05, 0.1) is 0 Å². The second kappa shape index (κ2) is 5.07. The summed E-state index contributed by atoms with van der Waals surface area (Å²) in [6.07, 6.45) is 2.64. The first-order valence-corrected chi connectivity index (χ1v) is 7.62. The zero-order chi connectivity index (χ0) is 11.7. The van der Waals surface area contributed by atoms with Crippen LogP contribution in [0.1, 0.15) is 56.6 Å². The highest BCUT2D eigenvalue weighted by Crippen LogP contribution is 2.45. The van der Waals surface area contributed by atoms with Crippen LogP contribution in [0.5, 0.6) is 0 Å². The smallest absolute Gasteiger partial charge is 0.0182 e. The Morgan fingerprint density at radius 3 is 2.56 bits per heavy atom. The fraction of sp³-hybridized carbons (Fsp3) is 0.600. The van der Waals surface area contributed by atoms with Gasteiger partial charge in [0.25, 0.3) is 0 Å². The topological polar surface area (TPSA) is 0 Å². The monoisotopic (exact) mass is 328 g/mol. The van der Waals surface area contributed by atoms with E-state index < -0.39 is 0 Å². The van der Waals surface area contributed by atoms with Crippen molar-refractivity contribution in [3.05, 3.63) is 35.4 Å². The summed E-state index contributed by atoms with van der Waals surface area (Å²) >= 11 is 2.64. The lowest BCUT2D eigenvalue weighted by Gasteiger charge is -2.36. The lowest BCUT2D eigenvalue weighted by Crippen LogP contribution is -2.25. The number of hydrogen-bond acceptors (Lipinski definition) is 0. The van der Waals surface area contributed by atoms with E-state index in [2.05, 4.69) is 67.6 Å². The van der Waals surface area contributed by atoms with E-state index in [0.717, 1.165) is 21.7 Å². The van der Waals surface area contributed by atoms with Gasteiger partial charge < -0.3 is 0 Å².